The quantitative estimate of drug-likeness (QED) is 0.296. The lowest BCUT2D eigenvalue weighted by Gasteiger charge is -2.11. The second-order valence-corrected chi connectivity index (χ2v) is 6.60. The van der Waals surface area contributed by atoms with Crippen LogP contribution in [0, 0.1) is 5.82 Å². The van der Waals surface area contributed by atoms with Gasteiger partial charge in [-0.25, -0.2) is 9.18 Å². The van der Waals surface area contributed by atoms with Gasteiger partial charge in [0.1, 0.15) is 11.4 Å². The van der Waals surface area contributed by atoms with Crippen LogP contribution in [-0.2, 0) is 0 Å². The molecular weight excluding hydrogens is 345 g/mol. The topological polar surface area (TPSA) is 60.2 Å². The Labute approximate surface area is 154 Å². The molecule has 1 atom stereocenters. The molecule has 27 heavy (non-hydrogen) atoms. The number of carbonyl (C=O) groups excluding carboxylic acids is 1. The second kappa shape index (κ2) is 6.76. The summed E-state index contributed by atoms with van der Waals surface area (Å²) < 4.78 is 18.4. The van der Waals surface area contributed by atoms with Gasteiger partial charge in [0.2, 0.25) is 0 Å². The number of benzene rings is 2. The molecule has 0 bridgehead atoms. The number of halogens is 1. The predicted molar refractivity (Wildman–Crippen MR) is 102 cm³/mol. The average molecular weight is 361 g/mol. The minimum Gasteiger partial charge on any atom is -0.422 e. The molecule has 5 heteroatoms. The Morgan fingerprint density at radius 2 is 1.85 bits per heavy atom. The van der Waals surface area contributed by atoms with E-state index in [0.717, 1.165) is 16.3 Å². The summed E-state index contributed by atoms with van der Waals surface area (Å²) in [5, 5.41) is 1.92. The van der Waals surface area contributed by atoms with Crippen molar-refractivity contribution < 1.29 is 13.6 Å². The van der Waals surface area contributed by atoms with E-state index in [9.17, 15) is 14.0 Å². The molecule has 0 aliphatic rings. The highest BCUT2D eigenvalue weighted by molar-refractivity contribution is 6.06. The fourth-order valence-electron chi connectivity index (χ4n) is 3.25. The van der Waals surface area contributed by atoms with Gasteiger partial charge in [0.05, 0.1) is 5.39 Å². The van der Waals surface area contributed by atoms with Crippen LogP contribution in [0.15, 0.2) is 70.1 Å². The molecular formula is C22H16FNO3. The van der Waals surface area contributed by atoms with Crippen molar-refractivity contribution in [1.82, 2.24) is 4.98 Å². The molecule has 0 fully saturated rings. The second-order valence-electron chi connectivity index (χ2n) is 6.60. The van der Waals surface area contributed by atoms with Crippen molar-refractivity contribution in [2.45, 2.75) is 19.3 Å². The van der Waals surface area contributed by atoms with E-state index in [4.69, 9.17) is 4.42 Å². The average Bonchev–Trinajstić information content (AvgIpc) is 2.68. The van der Waals surface area contributed by atoms with Crippen LogP contribution in [0.2, 0.25) is 0 Å². The van der Waals surface area contributed by atoms with Crippen molar-refractivity contribution in [2.24, 2.45) is 0 Å². The summed E-state index contributed by atoms with van der Waals surface area (Å²) in [6, 6.07) is 13.0. The summed E-state index contributed by atoms with van der Waals surface area (Å²) in [6.45, 7) is 1.92. The summed E-state index contributed by atoms with van der Waals surface area (Å²) in [5.41, 5.74) is 1.28. The fraction of sp³-hybridized carbons (Fsp3) is 0.136. The number of hydrogen-bond donors (Lipinski definition) is 0. The zero-order chi connectivity index (χ0) is 19.0. The normalized spacial score (nSPS) is 12.4. The van der Waals surface area contributed by atoms with Gasteiger partial charge in [0.25, 0.3) is 0 Å². The van der Waals surface area contributed by atoms with Crippen molar-refractivity contribution in [3.63, 3.8) is 0 Å². The molecule has 0 amide bonds. The van der Waals surface area contributed by atoms with Crippen LogP contribution in [0.25, 0.3) is 21.7 Å². The Balaban J connectivity index is 1.67. The first-order chi connectivity index (χ1) is 13.0. The summed E-state index contributed by atoms with van der Waals surface area (Å²) in [7, 11) is 0. The van der Waals surface area contributed by atoms with E-state index >= 15 is 0 Å². The van der Waals surface area contributed by atoms with Gasteiger partial charge in [-0.2, -0.15) is 0 Å². The monoisotopic (exact) mass is 361 g/mol. The highest BCUT2D eigenvalue weighted by atomic mass is 19.1. The van der Waals surface area contributed by atoms with E-state index < -0.39 is 5.63 Å². The maximum Gasteiger partial charge on any atom is 0.345 e. The molecule has 0 radical (unpaired) electrons. The maximum absolute atomic E-state index is 13.1. The minimum atomic E-state index is -0.477. The molecule has 4 rings (SSSR count). The number of hydrogen-bond acceptors (Lipinski definition) is 4. The van der Waals surface area contributed by atoms with Gasteiger partial charge in [0, 0.05) is 35.2 Å². The lowest BCUT2D eigenvalue weighted by atomic mass is 9.93. The number of fused-ring (bicyclic) bond motifs is 3. The van der Waals surface area contributed by atoms with Crippen molar-refractivity contribution in [3.8, 4) is 0 Å². The van der Waals surface area contributed by atoms with Crippen molar-refractivity contribution >= 4 is 27.5 Å². The van der Waals surface area contributed by atoms with Crippen molar-refractivity contribution in [2.75, 3.05) is 0 Å². The Kier molecular flexibility index (Phi) is 4.28. The molecule has 0 N–H and O–H groups in total. The molecule has 4 aromatic rings. The molecule has 134 valence electrons. The van der Waals surface area contributed by atoms with Gasteiger partial charge >= 0.3 is 5.63 Å². The lowest BCUT2D eigenvalue weighted by Crippen LogP contribution is -2.06. The first-order valence-corrected chi connectivity index (χ1v) is 8.62. The largest absolute Gasteiger partial charge is 0.422 e. The Morgan fingerprint density at radius 1 is 1.07 bits per heavy atom. The number of aromatic nitrogens is 1. The number of ketones is 1. The lowest BCUT2D eigenvalue weighted by molar-refractivity contribution is 0.0975. The third-order valence-corrected chi connectivity index (χ3v) is 4.77. The first-order valence-electron chi connectivity index (χ1n) is 8.62. The van der Waals surface area contributed by atoms with Gasteiger partial charge in [0.15, 0.2) is 5.78 Å². The number of nitrogens with zero attached hydrogens (tertiary/aromatic N) is 1. The first kappa shape index (κ1) is 17.1. The van der Waals surface area contributed by atoms with E-state index in [0.29, 0.717) is 16.5 Å². The highest BCUT2D eigenvalue weighted by Gasteiger charge is 2.15. The molecule has 2 aromatic heterocycles. The van der Waals surface area contributed by atoms with E-state index in [1.807, 2.05) is 6.92 Å². The Morgan fingerprint density at radius 3 is 2.63 bits per heavy atom. The molecule has 0 aliphatic heterocycles. The van der Waals surface area contributed by atoms with Crippen LogP contribution >= 0.6 is 0 Å². The highest BCUT2D eigenvalue weighted by Crippen LogP contribution is 2.26. The van der Waals surface area contributed by atoms with Gasteiger partial charge < -0.3 is 4.42 Å². The van der Waals surface area contributed by atoms with Crippen LogP contribution in [0.3, 0.4) is 0 Å². The molecule has 2 heterocycles. The third-order valence-electron chi connectivity index (χ3n) is 4.77. The number of Topliss-reactive ketones (excluding diaryl/α,β-unsaturated/α-hetero) is 1. The standard InChI is InChI=1S/C22H16FNO3/c1-13(14-2-5-16(23)6-3-14)10-20(25)15-4-7-18-17-8-9-24-12-19(17)22(26)27-21(18)11-15/h2-9,11-13H,10H2,1H3/t13-/m0/s1. The fourth-order valence-corrected chi connectivity index (χ4v) is 3.25. The summed E-state index contributed by atoms with van der Waals surface area (Å²) in [4.78, 5) is 28.8. The van der Waals surface area contributed by atoms with Crippen LogP contribution in [0.5, 0.6) is 0 Å². The van der Waals surface area contributed by atoms with Crippen molar-refractivity contribution in [3.05, 3.63) is 88.3 Å². The zero-order valence-electron chi connectivity index (χ0n) is 14.6. The van der Waals surface area contributed by atoms with E-state index in [1.165, 1.54) is 18.3 Å². The van der Waals surface area contributed by atoms with Gasteiger partial charge in [-0.1, -0.05) is 25.1 Å². The van der Waals surface area contributed by atoms with Crippen molar-refractivity contribution in [1.29, 1.82) is 0 Å². The Bertz CT molecular complexity index is 1210. The molecule has 0 unspecified atom stereocenters. The van der Waals surface area contributed by atoms with E-state index in [1.54, 1.807) is 42.6 Å². The molecule has 0 aliphatic carbocycles. The molecule has 0 saturated heterocycles. The van der Waals surface area contributed by atoms with Gasteiger partial charge in [-0.3, -0.25) is 9.78 Å². The number of pyridine rings is 1. The Hall–Kier alpha value is -3.34. The summed E-state index contributed by atoms with van der Waals surface area (Å²) in [5.74, 6) is -0.418. The van der Waals surface area contributed by atoms with Crippen LogP contribution in [0.4, 0.5) is 4.39 Å². The van der Waals surface area contributed by atoms with Gasteiger partial charge in [-0.05, 0) is 41.8 Å². The summed E-state index contributed by atoms with van der Waals surface area (Å²) >= 11 is 0. The molecule has 2 aromatic carbocycles. The number of carbonyl (C=O) groups is 1. The SMILES string of the molecule is C[C@@H](CC(=O)c1ccc2c(c1)oc(=O)c1cnccc12)c1ccc(F)cc1. The van der Waals surface area contributed by atoms with Gasteiger partial charge in [-0.15, -0.1) is 0 Å². The summed E-state index contributed by atoms with van der Waals surface area (Å²) in [6.07, 6.45) is 3.37. The molecule has 4 nitrogen and oxygen atoms in total. The van der Waals surface area contributed by atoms with E-state index in [-0.39, 0.29) is 23.9 Å². The third kappa shape index (κ3) is 3.24. The smallest absolute Gasteiger partial charge is 0.345 e. The maximum atomic E-state index is 13.1. The predicted octanol–water partition coefficient (Wildman–Crippen LogP) is 4.86. The molecule has 0 spiro atoms. The number of rotatable bonds is 4. The zero-order valence-corrected chi connectivity index (χ0v) is 14.6. The van der Waals surface area contributed by atoms with E-state index in [2.05, 4.69) is 4.98 Å². The van der Waals surface area contributed by atoms with Crippen LogP contribution < -0.4 is 5.63 Å². The van der Waals surface area contributed by atoms with Crippen LogP contribution in [-0.4, -0.2) is 10.8 Å². The van der Waals surface area contributed by atoms with Crippen LogP contribution in [0.1, 0.15) is 35.2 Å². The minimum absolute atomic E-state index is 0.0523. The molecule has 0 saturated carbocycles.